The van der Waals surface area contributed by atoms with Crippen molar-refractivity contribution in [1.29, 1.82) is 0 Å². The van der Waals surface area contributed by atoms with Crippen molar-refractivity contribution in [3.63, 3.8) is 0 Å². The summed E-state index contributed by atoms with van der Waals surface area (Å²) >= 11 is 0. The first-order valence-corrected chi connectivity index (χ1v) is 10.0. The Hall–Kier alpha value is -1.66. The summed E-state index contributed by atoms with van der Waals surface area (Å²) in [4.78, 5) is 19.2. The fourth-order valence-electron chi connectivity index (χ4n) is 4.28. The molecule has 2 aliphatic heterocycles. The third-order valence-electron chi connectivity index (χ3n) is 5.87. The van der Waals surface area contributed by atoms with E-state index >= 15 is 0 Å². The molecule has 26 heavy (non-hydrogen) atoms. The second-order valence-electron chi connectivity index (χ2n) is 7.66. The fraction of sp³-hybridized carbons (Fsp3) is 0.700. The average molecular weight is 359 g/mol. The van der Waals surface area contributed by atoms with Crippen molar-refractivity contribution in [2.24, 2.45) is 0 Å². The van der Waals surface area contributed by atoms with Gasteiger partial charge in [-0.2, -0.15) is 0 Å². The van der Waals surface area contributed by atoms with E-state index in [1.54, 1.807) is 0 Å². The molecule has 1 saturated carbocycles. The van der Waals surface area contributed by atoms with E-state index in [0.29, 0.717) is 24.9 Å². The van der Waals surface area contributed by atoms with Crippen molar-refractivity contribution in [2.45, 2.75) is 63.2 Å². The van der Waals surface area contributed by atoms with E-state index in [1.165, 1.54) is 25.7 Å². The van der Waals surface area contributed by atoms with Gasteiger partial charge in [-0.1, -0.05) is 25.7 Å². The lowest BCUT2D eigenvalue weighted by Crippen LogP contribution is -2.45. The molecule has 1 spiro atoms. The average Bonchev–Trinajstić information content (AvgIpc) is 2.97. The molecule has 1 amide bonds. The van der Waals surface area contributed by atoms with Gasteiger partial charge < -0.3 is 19.7 Å². The standard InChI is InChI=1S/C20H29N3O3/c24-19(22-16-5-3-1-2-4-6-16)18-8-7-17(15-21-18)23-11-9-20(10-12-23)25-13-14-26-20/h7-8,15-16H,1-6,9-14H2,(H,22,24). The summed E-state index contributed by atoms with van der Waals surface area (Å²) in [6, 6.07) is 4.15. The number of carbonyl (C=O) groups excluding carboxylic acids is 1. The maximum Gasteiger partial charge on any atom is 0.270 e. The number of aromatic nitrogens is 1. The van der Waals surface area contributed by atoms with Gasteiger partial charge in [-0.05, 0) is 25.0 Å². The fourth-order valence-corrected chi connectivity index (χ4v) is 4.28. The van der Waals surface area contributed by atoms with Gasteiger partial charge in [-0.25, -0.2) is 4.98 Å². The van der Waals surface area contributed by atoms with Crippen LogP contribution in [-0.4, -0.2) is 49.0 Å². The molecule has 6 nitrogen and oxygen atoms in total. The molecule has 2 saturated heterocycles. The number of hydrogen-bond acceptors (Lipinski definition) is 5. The lowest BCUT2D eigenvalue weighted by atomic mass is 10.0. The van der Waals surface area contributed by atoms with E-state index in [4.69, 9.17) is 9.47 Å². The molecule has 1 aromatic rings. The molecule has 0 atom stereocenters. The molecule has 3 heterocycles. The van der Waals surface area contributed by atoms with Gasteiger partial charge in [-0.15, -0.1) is 0 Å². The van der Waals surface area contributed by atoms with E-state index in [2.05, 4.69) is 15.2 Å². The number of pyridine rings is 1. The maximum atomic E-state index is 12.5. The van der Waals surface area contributed by atoms with Crippen LogP contribution >= 0.6 is 0 Å². The molecule has 0 bridgehead atoms. The number of amides is 1. The highest BCUT2D eigenvalue weighted by Crippen LogP contribution is 2.33. The Labute approximate surface area is 155 Å². The van der Waals surface area contributed by atoms with Crippen LogP contribution in [0.2, 0.25) is 0 Å². The van der Waals surface area contributed by atoms with Gasteiger partial charge in [-0.3, -0.25) is 4.79 Å². The van der Waals surface area contributed by atoms with E-state index in [1.807, 2.05) is 18.3 Å². The highest BCUT2D eigenvalue weighted by Gasteiger charge is 2.39. The van der Waals surface area contributed by atoms with Crippen LogP contribution < -0.4 is 10.2 Å². The number of nitrogens with zero attached hydrogens (tertiary/aromatic N) is 2. The minimum absolute atomic E-state index is 0.0474. The number of ether oxygens (including phenoxy) is 2. The molecule has 4 rings (SSSR count). The van der Waals surface area contributed by atoms with Crippen LogP contribution in [0.3, 0.4) is 0 Å². The zero-order valence-corrected chi connectivity index (χ0v) is 15.4. The summed E-state index contributed by atoms with van der Waals surface area (Å²) in [6.07, 6.45) is 10.7. The summed E-state index contributed by atoms with van der Waals surface area (Å²) in [5.74, 6) is -0.406. The minimum Gasteiger partial charge on any atom is -0.370 e. The Balaban J connectivity index is 1.32. The lowest BCUT2D eigenvalue weighted by molar-refractivity contribution is -0.169. The monoisotopic (exact) mass is 359 g/mol. The number of rotatable bonds is 3. The Kier molecular flexibility index (Phi) is 5.41. The molecular weight excluding hydrogens is 330 g/mol. The summed E-state index contributed by atoms with van der Waals surface area (Å²) in [6.45, 7) is 3.17. The number of hydrogen-bond donors (Lipinski definition) is 1. The van der Waals surface area contributed by atoms with Gasteiger partial charge in [0.25, 0.3) is 5.91 Å². The topological polar surface area (TPSA) is 63.7 Å². The van der Waals surface area contributed by atoms with E-state index in [-0.39, 0.29) is 11.7 Å². The van der Waals surface area contributed by atoms with Crippen molar-refractivity contribution in [2.75, 3.05) is 31.2 Å². The van der Waals surface area contributed by atoms with Gasteiger partial charge in [0.05, 0.1) is 25.1 Å². The minimum atomic E-state index is -0.359. The van der Waals surface area contributed by atoms with Gasteiger partial charge in [0.1, 0.15) is 5.69 Å². The summed E-state index contributed by atoms with van der Waals surface area (Å²) in [7, 11) is 0. The Morgan fingerprint density at radius 2 is 1.77 bits per heavy atom. The molecule has 3 fully saturated rings. The molecule has 142 valence electrons. The number of carbonyl (C=O) groups is 1. The number of piperidine rings is 1. The maximum absolute atomic E-state index is 12.5. The molecule has 6 heteroatoms. The van der Waals surface area contributed by atoms with Crippen molar-refractivity contribution in [3.8, 4) is 0 Å². The Morgan fingerprint density at radius 1 is 1.08 bits per heavy atom. The van der Waals surface area contributed by atoms with Crippen LogP contribution in [0.15, 0.2) is 18.3 Å². The van der Waals surface area contributed by atoms with Crippen molar-refractivity contribution < 1.29 is 14.3 Å². The van der Waals surface area contributed by atoms with Crippen LogP contribution in [0.4, 0.5) is 5.69 Å². The molecule has 1 aromatic heterocycles. The van der Waals surface area contributed by atoms with Crippen LogP contribution in [-0.2, 0) is 9.47 Å². The molecule has 1 aliphatic carbocycles. The van der Waals surface area contributed by atoms with E-state index < -0.39 is 0 Å². The second-order valence-corrected chi connectivity index (χ2v) is 7.66. The van der Waals surface area contributed by atoms with Crippen LogP contribution in [0, 0.1) is 0 Å². The summed E-state index contributed by atoms with van der Waals surface area (Å²) in [5.41, 5.74) is 1.57. The van der Waals surface area contributed by atoms with Gasteiger partial charge in [0, 0.05) is 32.0 Å². The Bertz CT molecular complexity index is 595. The molecule has 0 radical (unpaired) electrons. The second kappa shape index (κ2) is 7.92. The number of anilines is 1. The zero-order chi connectivity index (χ0) is 17.8. The highest BCUT2D eigenvalue weighted by atomic mass is 16.7. The van der Waals surface area contributed by atoms with Crippen LogP contribution in [0.1, 0.15) is 61.9 Å². The first kappa shape index (κ1) is 17.7. The highest BCUT2D eigenvalue weighted by molar-refractivity contribution is 5.92. The van der Waals surface area contributed by atoms with Crippen molar-refractivity contribution in [3.05, 3.63) is 24.0 Å². The third-order valence-corrected chi connectivity index (χ3v) is 5.87. The molecular formula is C20H29N3O3. The lowest BCUT2D eigenvalue weighted by Gasteiger charge is -2.38. The van der Waals surface area contributed by atoms with Gasteiger partial charge >= 0.3 is 0 Å². The van der Waals surface area contributed by atoms with Crippen molar-refractivity contribution in [1.82, 2.24) is 10.3 Å². The largest absolute Gasteiger partial charge is 0.370 e. The molecule has 1 N–H and O–H groups in total. The summed E-state index contributed by atoms with van der Waals surface area (Å²) < 4.78 is 11.6. The summed E-state index contributed by atoms with van der Waals surface area (Å²) in [5, 5.41) is 3.16. The van der Waals surface area contributed by atoms with Gasteiger partial charge in [0.2, 0.25) is 0 Å². The van der Waals surface area contributed by atoms with Crippen LogP contribution in [0.25, 0.3) is 0 Å². The zero-order valence-electron chi connectivity index (χ0n) is 15.4. The molecule has 3 aliphatic rings. The predicted molar refractivity (Wildman–Crippen MR) is 99.3 cm³/mol. The quantitative estimate of drug-likeness (QED) is 0.841. The molecule has 0 aromatic carbocycles. The normalized spacial score (nSPS) is 23.8. The van der Waals surface area contributed by atoms with E-state index in [9.17, 15) is 4.79 Å². The number of nitrogens with one attached hydrogen (secondary N) is 1. The predicted octanol–water partition coefficient (Wildman–Crippen LogP) is 2.88. The van der Waals surface area contributed by atoms with Gasteiger partial charge in [0.15, 0.2) is 5.79 Å². The van der Waals surface area contributed by atoms with Crippen molar-refractivity contribution >= 4 is 11.6 Å². The first-order valence-electron chi connectivity index (χ1n) is 10.0. The van der Waals surface area contributed by atoms with E-state index in [0.717, 1.165) is 44.5 Å². The molecule has 0 unspecified atom stereocenters. The van der Waals surface area contributed by atoms with Crippen LogP contribution in [0.5, 0.6) is 0 Å². The third kappa shape index (κ3) is 4.01. The SMILES string of the molecule is O=C(NC1CCCCCC1)c1ccc(N2CCC3(CC2)OCCO3)cn1. The smallest absolute Gasteiger partial charge is 0.270 e. The first-order chi connectivity index (χ1) is 12.7. The Morgan fingerprint density at radius 3 is 2.38 bits per heavy atom.